The molecule has 0 fully saturated rings. The highest BCUT2D eigenvalue weighted by Crippen LogP contribution is 2.23. The molecule has 0 aromatic carbocycles. The molecule has 1 aromatic rings. The van der Waals surface area contributed by atoms with E-state index >= 15 is 0 Å². The molecule has 19 heavy (non-hydrogen) atoms. The third-order valence-corrected chi connectivity index (χ3v) is 3.56. The molecule has 1 atom stereocenters. The number of aromatic nitrogens is 2. The minimum absolute atomic E-state index is 0.253. The predicted molar refractivity (Wildman–Crippen MR) is 81.3 cm³/mol. The molecule has 1 N–H and O–H groups in total. The average molecular weight is 264 g/mol. The van der Waals surface area contributed by atoms with Crippen LogP contribution in [0.15, 0.2) is 6.07 Å². The maximum Gasteiger partial charge on any atom is 0.144 e. The molecular formula is C15H28N4. The van der Waals surface area contributed by atoms with E-state index in [1.807, 2.05) is 13.0 Å². The third kappa shape index (κ3) is 4.78. The van der Waals surface area contributed by atoms with Gasteiger partial charge in [-0.15, -0.1) is 0 Å². The minimum atomic E-state index is 0.253. The fourth-order valence-electron chi connectivity index (χ4n) is 1.99. The van der Waals surface area contributed by atoms with Crippen molar-refractivity contribution in [3.63, 3.8) is 0 Å². The zero-order valence-electron chi connectivity index (χ0n) is 13.4. The second-order valence-electron chi connectivity index (χ2n) is 6.30. The molecule has 1 aromatic heterocycles. The van der Waals surface area contributed by atoms with Gasteiger partial charge in [-0.25, -0.2) is 9.97 Å². The number of nitrogens with zero attached hydrogens (tertiary/aromatic N) is 3. The van der Waals surface area contributed by atoms with Gasteiger partial charge in [-0.05, 0) is 33.2 Å². The van der Waals surface area contributed by atoms with Gasteiger partial charge >= 0.3 is 0 Å². The van der Waals surface area contributed by atoms with Gasteiger partial charge in [0.1, 0.15) is 11.6 Å². The van der Waals surface area contributed by atoms with Gasteiger partial charge in [0.25, 0.3) is 0 Å². The van der Waals surface area contributed by atoms with E-state index in [9.17, 15) is 0 Å². The molecule has 0 aliphatic heterocycles. The molecule has 4 heteroatoms. The van der Waals surface area contributed by atoms with Crippen molar-refractivity contribution in [3.05, 3.63) is 17.6 Å². The normalized spacial score (nSPS) is 13.7. The quantitative estimate of drug-likeness (QED) is 0.887. The largest absolute Gasteiger partial charge is 0.370 e. The lowest BCUT2D eigenvalue weighted by atomic mass is 9.87. The van der Waals surface area contributed by atoms with Crippen LogP contribution in [-0.4, -0.2) is 34.5 Å². The number of nitrogens with one attached hydrogen (secondary N) is 1. The van der Waals surface area contributed by atoms with Crippen LogP contribution in [0.25, 0.3) is 0 Å². The number of hydrogen-bond donors (Lipinski definition) is 1. The molecule has 1 unspecified atom stereocenters. The Hall–Kier alpha value is -1.16. The van der Waals surface area contributed by atoms with Gasteiger partial charge in [-0.2, -0.15) is 0 Å². The van der Waals surface area contributed by atoms with Gasteiger partial charge in [-0.3, -0.25) is 4.90 Å². The lowest BCUT2D eigenvalue weighted by Crippen LogP contribution is -2.39. The Morgan fingerprint density at radius 1 is 1.32 bits per heavy atom. The molecule has 1 rings (SSSR count). The second-order valence-corrected chi connectivity index (χ2v) is 6.30. The molecule has 1 heterocycles. The van der Waals surface area contributed by atoms with E-state index < -0.39 is 0 Å². The molecule has 0 radical (unpaired) electrons. The number of aryl methyl sites for hydroxylation is 1. The van der Waals surface area contributed by atoms with Crippen molar-refractivity contribution in [3.8, 4) is 0 Å². The summed E-state index contributed by atoms with van der Waals surface area (Å²) in [5.41, 5.74) is 1.26. The number of anilines is 1. The smallest absolute Gasteiger partial charge is 0.144 e. The highest BCUT2D eigenvalue weighted by Gasteiger charge is 2.24. The van der Waals surface area contributed by atoms with Crippen LogP contribution in [0.3, 0.4) is 0 Å². The first-order valence-corrected chi connectivity index (χ1v) is 7.02. The Bertz CT molecular complexity index is 409. The van der Waals surface area contributed by atoms with Gasteiger partial charge in [0.15, 0.2) is 0 Å². The summed E-state index contributed by atoms with van der Waals surface area (Å²) in [4.78, 5) is 11.4. The van der Waals surface area contributed by atoms with Crippen LogP contribution < -0.4 is 5.32 Å². The number of rotatable bonds is 5. The molecule has 0 aliphatic rings. The Morgan fingerprint density at radius 2 is 1.95 bits per heavy atom. The van der Waals surface area contributed by atoms with Gasteiger partial charge < -0.3 is 5.32 Å². The molecule has 0 spiro atoms. The second kappa shape index (κ2) is 6.33. The van der Waals surface area contributed by atoms with E-state index in [1.54, 1.807) is 0 Å². The highest BCUT2D eigenvalue weighted by molar-refractivity contribution is 5.35. The van der Waals surface area contributed by atoms with Crippen LogP contribution >= 0.6 is 0 Å². The SMILES string of the molecule is CCNc1cc(C)nc(CN(C)C(C)C(C)(C)C)n1. The van der Waals surface area contributed by atoms with Crippen molar-refractivity contribution in [1.82, 2.24) is 14.9 Å². The van der Waals surface area contributed by atoms with Crippen LogP contribution in [0, 0.1) is 12.3 Å². The summed E-state index contributed by atoms with van der Waals surface area (Å²) in [7, 11) is 2.13. The van der Waals surface area contributed by atoms with Crippen LogP contribution in [0.2, 0.25) is 0 Å². The summed E-state index contributed by atoms with van der Waals surface area (Å²) in [6.07, 6.45) is 0. The molecule has 4 nitrogen and oxygen atoms in total. The molecule has 0 saturated carbocycles. The summed E-state index contributed by atoms with van der Waals surface area (Å²) in [5.74, 6) is 1.80. The summed E-state index contributed by atoms with van der Waals surface area (Å²) < 4.78 is 0. The Kier molecular flexibility index (Phi) is 5.29. The summed E-state index contributed by atoms with van der Waals surface area (Å²) >= 11 is 0. The van der Waals surface area contributed by atoms with E-state index in [0.717, 1.165) is 30.4 Å². The number of hydrogen-bond acceptors (Lipinski definition) is 4. The van der Waals surface area contributed by atoms with Gasteiger partial charge in [0, 0.05) is 24.3 Å². The standard InChI is InChI=1S/C15H28N4/c1-8-16-13-9-11(2)17-14(18-13)10-19(7)12(3)15(4,5)6/h9,12H,8,10H2,1-7H3,(H,16,17,18). The summed E-state index contributed by atoms with van der Waals surface area (Å²) in [6.45, 7) is 14.8. The first kappa shape index (κ1) is 15.9. The fourth-order valence-corrected chi connectivity index (χ4v) is 1.99. The van der Waals surface area contributed by atoms with Crippen LogP contribution in [0.4, 0.5) is 5.82 Å². The van der Waals surface area contributed by atoms with E-state index in [1.165, 1.54) is 0 Å². The lowest BCUT2D eigenvalue weighted by molar-refractivity contribution is 0.132. The summed E-state index contributed by atoms with van der Waals surface area (Å²) in [6, 6.07) is 2.46. The third-order valence-electron chi connectivity index (χ3n) is 3.56. The molecule has 0 aliphatic carbocycles. The van der Waals surface area contributed by atoms with Gasteiger partial charge in [0.2, 0.25) is 0 Å². The van der Waals surface area contributed by atoms with Crippen molar-refractivity contribution in [2.45, 2.75) is 54.1 Å². The molecular weight excluding hydrogens is 236 g/mol. The Labute approximate surface area is 117 Å². The first-order valence-electron chi connectivity index (χ1n) is 7.02. The van der Waals surface area contributed by atoms with Crippen molar-refractivity contribution in [2.75, 3.05) is 18.9 Å². The van der Waals surface area contributed by atoms with E-state index in [0.29, 0.717) is 6.04 Å². The predicted octanol–water partition coefficient (Wildman–Crippen LogP) is 3.08. The zero-order valence-corrected chi connectivity index (χ0v) is 13.4. The highest BCUT2D eigenvalue weighted by atomic mass is 15.2. The zero-order chi connectivity index (χ0) is 14.6. The molecule has 0 bridgehead atoms. The maximum absolute atomic E-state index is 4.56. The Balaban J connectivity index is 2.81. The topological polar surface area (TPSA) is 41.1 Å². The van der Waals surface area contributed by atoms with Gasteiger partial charge in [-0.1, -0.05) is 20.8 Å². The summed E-state index contributed by atoms with van der Waals surface area (Å²) in [5, 5.41) is 3.25. The van der Waals surface area contributed by atoms with Crippen molar-refractivity contribution in [1.29, 1.82) is 0 Å². The van der Waals surface area contributed by atoms with E-state index in [-0.39, 0.29) is 5.41 Å². The van der Waals surface area contributed by atoms with Crippen LogP contribution in [-0.2, 0) is 6.54 Å². The fraction of sp³-hybridized carbons (Fsp3) is 0.733. The van der Waals surface area contributed by atoms with Crippen molar-refractivity contribution >= 4 is 5.82 Å². The van der Waals surface area contributed by atoms with Crippen molar-refractivity contribution < 1.29 is 0 Å². The average Bonchev–Trinajstić information content (AvgIpc) is 2.26. The van der Waals surface area contributed by atoms with E-state index in [4.69, 9.17) is 0 Å². The lowest BCUT2D eigenvalue weighted by Gasteiger charge is -2.35. The van der Waals surface area contributed by atoms with Crippen LogP contribution in [0.5, 0.6) is 0 Å². The maximum atomic E-state index is 4.56. The first-order chi connectivity index (χ1) is 8.74. The van der Waals surface area contributed by atoms with E-state index in [2.05, 4.69) is 61.9 Å². The van der Waals surface area contributed by atoms with Crippen molar-refractivity contribution in [2.24, 2.45) is 5.41 Å². The van der Waals surface area contributed by atoms with Gasteiger partial charge in [0.05, 0.1) is 6.54 Å². The molecule has 108 valence electrons. The Morgan fingerprint density at radius 3 is 2.47 bits per heavy atom. The van der Waals surface area contributed by atoms with Crippen LogP contribution in [0.1, 0.15) is 46.1 Å². The monoisotopic (exact) mass is 264 g/mol. The minimum Gasteiger partial charge on any atom is -0.370 e. The molecule has 0 amide bonds. The molecule has 0 saturated heterocycles.